The Labute approximate surface area is 112 Å². The fourth-order valence-corrected chi connectivity index (χ4v) is 2.73. The van der Waals surface area contributed by atoms with Crippen LogP contribution >= 0.6 is 0 Å². The normalized spacial score (nSPS) is 23.8. The molecule has 3 rings (SSSR count). The van der Waals surface area contributed by atoms with E-state index in [9.17, 15) is 4.79 Å². The number of rotatable bonds is 2. The van der Waals surface area contributed by atoms with Gasteiger partial charge in [-0.05, 0) is 37.6 Å². The Kier molecular flexibility index (Phi) is 3.55. The second kappa shape index (κ2) is 5.48. The lowest BCUT2D eigenvalue weighted by molar-refractivity contribution is -0.138. The predicted molar refractivity (Wildman–Crippen MR) is 72.5 cm³/mol. The highest BCUT2D eigenvalue weighted by molar-refractivity contribution is 5.82. The second-order valence-electron chi connectivity index (χ2n) is 5.04. The first kappa shape index (κ1) is 12.3. The maximum Gasteiger partial charge on any atom is 0.246 e. The van der Waals surface area contributed by atoms with Gasteiger partial charge >= 0.3 is 0 Å². The molecule has 1 aromatic heterocycles. The van der Waals surface area contributed by atoms with E-state index in [1.165, 1.54) is 0 Å². The van der Waals surface area contributed by atoms with Crippen molar-refractivity contribution in [1.82, 2.24) is 15.3 Å². The van der Waals surface area contributed by atoms with Crippen molar-refractivity contribution in [1.29, 1.82) is 0 Å². The molecule has 100 valence electrons. The van der Waals surface area contributed by atoms with Crippen LogP contribution in [0.2, 0.25) is 0 Å². The monoisotopic (exact) mass is 258 g/mol. The Morgan fingerprint density at radius 3 is 2.95 bits per heavy atom. The zero-order valence-electron chi connectivity index (χ0n) is 10.8. The van der Waals surface area contributed by atoms with E-state index in [-0.39, 0.29) is 17.9 Å². The number of hydrogen-bond acceptors (Lipinski definition) is 4. The Balaban J connectivity index is 1.75. The molecule has 0 bridgehead atoms. The molecule has 0 saturated carbocycles. The quantitative estimate of drug-likeness (QED) is 0.871. The van der Waals surface area contributed by atoms with Gasteiger partial charge in [-0.2, -0.15) is 5.10 Å². The van der Waals surface area contributed by atoms with Gasteiger partial charge in [0.2, 0.25) is 5.91 Å². The summed E-state index contributed by atoms with van der Waals surface area (Å²) in [4.78, 5) is 16.7. The number of aromatic nitrogens is 1. The van der Waals surface area contributed by atoms with Crippen LogP contribution in [-0.2, 0) is 4.79 Å². The van der Waals surface area contributed by atoms with Gasteiger partial charge in [0.1, 0.15) is 0 Å². The molecule has 1 aromatic rings. The molecule has 0 aliphatic carbocycles. The Bertz CT molecular complexity index is 468. The molecule has 5 nitrogen and oxygen atoms in total. The summed E-state index contributed by atoms with van der Waals surface area (Å²) in [5.74, 6) is 0.264. The van der Waals surface area contributed by atoms with Gasteiger partial charge in [-0.25, -0.2) is 5.01 Å². The number of pyridine rings is 1. The van der Waals surface area contributed by atoms with Crippen LogP contribution in [0.15, 0.2) is 29.6 Å². The fourth-order valence-electron chi connectivity index (χ4n) is 2.73. The summed E-state index contributed by atoms with van der Waals surface area (Å²) < 4.78 is 0. The molecule has 2 aliphatic rings. The Hall–Kier alpha value is -1.75. The molecule has 3 heterocycles. The first-order valence-corrected chi connectivity index (χ1v) is 6.82. The SMILES string of the molecule is O=C(C1CCNCC1)N1N=CCC1c1cccnc1. The van der Waals surface area contributed by atoms with E-state index in [0.717, 1.165) is 37.9 Å². The number of nitrogens with one attached hydrogen (secondary N) is 1. The number of piperidine rings is 1. The average molecular weight is 258 g/mol. The van der Waals surface area contributed by atoms with Crippen LogP contribution in [0.4, 0.5) is 0 Å². The molecule has 19 heavy (non-hydrogen) atoms. The van der Waals surface area contributed by atoms with Crippen molar-refractivity contribution < 1.29 is 4.79 Å². The van der Waals surface area contributed by atoms with E-state index in [2.05, 4.69) is 15.4 Å². The van der Waals surface area contributed by atoms with Gasteiger partial charge in [-0.15, -0.1) is 0 Å². The number of hydrogen-bond donors (Lipinski definition) is 1. The zero-order chi connectivity index (χ0) is 13.1. The first-order chi connectivity index (χ1) is 9.36. The van der Waals surface area contributed by atoms with Gasteiger partial charge in [0.05, 0.1) is 6.04 Å². The minimum atomic E-state index is 0.0242. The third-order valence-electron chi connectivity index (χ3n) is 3.81. The molecule has 0 radical (unpaired) electrons. The third kappa shape index (κ3) is 2.51. The van der Waals surface area contributed by atoms with Crippen molar-refractivity contribution in [3.8, 4) is 0 Å². The van der Waals surface area contributed by atoms with Gasteiger partial charge in [0.25, 0.3) is 0 Å². The van der Waals surface area contributed by atoms with E-state index in [1.54, 1.807) is 11.2 Å². The standard InChI is InChI=1S/C14H18N4O/c19-14(11-3-7-15-8-4-11)18-13(5-9-17-18)12-2-1-6-16-10-12/h1-2,6,9-11,13,15H,3-5,7-8H2. The number of nitrogens with zero attached hydrogens (tertiary/aromatic N) is 3. The van der Waals surface area contributed by atoms with Crippen LogP contribution in [0.3, 0.4) is 0 Å². The van der Waals surface area contributed by atoms with Crippen LogP contribution in [-0.4, -0.2) is 35.2 Å². The zero-order valence-corrected chi connectivity index (χ0v) is 10.8. The molecule has 1 atom stereocenters. The maximum atomic E-state index is 12.5. The molecular weight excluding hydrogens is 240 g/mol. The average Bonchev–Trinajstić information content (AvgIpc) is 2.98. The van der Waals surface area contributed by atoms with Crippen molar-refractivity contribution in [2.45, 2.75) is 25.3 Å². The van der Waals surface area contributed by atoms with Gasteiger partial charge in [0, 0.05) is 30.9 Å². The number of carbonyl (C=O) groups excluding carboxylic acids is 1. The molecule has 1 fully saturated rings. The smallest absolute Gasteiger partial charge is 0.246 e. The highest BCUT2D eigenvalue weighted by Gasteiger charge is 2.33. The lowest BCUT2D eigenvalue weighted by atomic mass is 9.96. The number of amides is 1. The highest BCUT2D eigenvalue weighted by atomic mass is 16.2. The summed E-state index contributed by atoms with van der Waals surface area (Å²) in [5, 5.41) is 9.22. The first-order valence-electron chi connectivity index (χ1n) is 6.82. The fraction of sp³-hybridized carbons (Fsp3) is 0.500. The summed E-state index contributed by atoms with van der Waals surface area (Å²) in [6.07, 6.45) is 7.99. The second-order valence-corrected chi connectivity index (χ2v) is 5.04. The maximum absolute atomic E-state index is 12.5. The van der Waals surface area contributed by atoms with E-state index >= 15 is 0 Å². The molecule has 1 unspecified atom stereocenters. The molecule has 1 amide bonds. The van der Waals surface area contributed by atoms with Crippen molar-refractivity contribution in [2.75, 3.05) is 13.1 Å². The largest absolute Gasteiger partial charge is 0.317 e. The van der Waals surface area contributed by atoms with E-state index in [4.69, 9.17) is 0 Å². The molecular formula is C14H18N4O. The van der Waals surface area contributed by atoms with Crippen LogP contribution in [0.5, 0.6) is 0 Å². The van der Waals surface area contributed by atoms with Crippen molar-refractivity contribution >= 4 is 12.1 Å². The molecule has 0 aromatic carbocycles. The van der Waals surface area contributed by atoms with Crippen LogP contribution in [0.25, 0.3) is 0 Å². The summed E-state index contributed by atoms with van der Waals surface area (Å²) >= 11 is 0. The van der Waals surface area contributed by atoms with Crippen molar-refractivity contribution in [3.63, 3.8) is 0 Å². The number of carbonyl (C=O) groups is 1. The van der Waals surface area contributed by atoms with Crippen molar-refractivity contribution in [3.05, 3.63) is 30.1 Å². The van der Waals surface area contributed by atoms with Gasteiger partial charge in [-0.1, -0.05) is 6.07 Å². The third-order valence-corrected chi connectivity index (χ3v) is 3.81. The minimum absolute atomic E-state index is 0.0242. The highest BCUT2D eigenvalue weighted by Crippen LogP contribution is 2.30. The van der Waals surface area contributed by atoms with Gasteiger partial charge in [-0.3, -0.25) is 9.78 Å². The van der Waals surface area contributed by atoms with Crippen molar-refractivity contribution in [2.24, 2.45) is 11.0 Å². The summed E-state index contributed by atoms with van der Waals surface area (Å²) in [7, 11) is 0. The number of hydrazone groups is 1. The lowest BCUT2D eigenvalue weighted by Crippen LogP contribution is -2.39. The van der Waals surface area contributed by atoms with E-state index in [0.29, 0.717) is 0 Å². The van der Waals surface area contributed by atoms with Crippen LogP contribution in [0.1, 0.15) is 30.9 Å². The molecule has 1 saturated heterocycles. The van der Waals surface area contributed by atoms with E-state index < -0.39 is 0 Å². The molecule has 1 N–H and O–H groups in total. The minimum Gasteiger partial charge on any atom is -0.317 e. The Morgan fingerprint density at radius 1 is 1.37 bits per heavy atom. The van der Waals surface area contributed by atoms with Gasteiger partial charge in [0.15, 0.2) is 0 Å². The summed E-state index contributed by atoms with van der Waals surface area (Å²) in [6.45, 7) is 1.84. The molecule has 5 heteroatoms. The van der Waals surface area contributed by atoms with Crippen LogP contribution in [0, 0.1) is 5.92 Å². The lowest BCUT2D eigenvalue weighted by Gasteiger charge is -2.28. The Morgan fingerprint density at radius 2 is 2.21 bits per heavy atom. The summed E-state index contributed by atoms with van der Waals surface area (Å²) in [6, 6.07) is 3.94. The summed E-state index contributed by atoms with van der Waals surface area (Å²) in [5.41, 5.74) is 1.06. The van der Waals surface area contributed by atoms with Crippen LogP contribution < -0.4 is 5.32 Å². The molecule has 0 spiro atoms. The van der Waals surface area contributed by atoms with Gasteiger partial charge < -0.3 is 5.32 Å². The topological polar surface area (TPSA) is 57.6 Å². The predicted octanol–water partition coefficient (Wildman–Crippen LogP) is 1.34. The van der Waals surface area contributed by atoms with E-state index in [1.807, 2.05) is 24.5 Å². The molecule has 2 aliphatic heterocycles.